The minimum absolute atomic E-state index is 0.0230. The number of rotatable bonds is 3. The Balaban J connectivity index is 1.67. The number of carbonyl (C=O) groups excluding carboxylic acids is 1. The zero-order valence-electron chi connectivity index (χ0n) is 15.6. The molecule has 0 bridgehead atoms. The number of amides is 1. The molecule has 0 unspecified atom stereocenters. The van der Waals surface area contributed by atoms with Gasteiger partial charge in [0, 0.05) is 10.1 Å². The van der Waals surface area contributed by atoms with Gasteiger partial charge in [-0.3, -0.25) is 9.69 Å². The molecule has 2 aliphatic rings. The number of benzene rings is 3. The van der Waals surface area contributed by atoms with Gasteiger partial charge < -0.3 is 4.74 Å². The molecule has 1 amide bonds. The number of anilines is 1. The Morgan fingerprint density at radius 2 is 1.57 bits per heavy atom. The lowest BCUT2D eigenvalue weighted by atomic mass is 9.71. The van der Waals surface area contributed by atoms with Crippen LogP contribution in [0.3, 0.4) is 0 Å². The van der Waals surface area contributed by atoms with Crippen molar-refractivity contribution in [1.82, 2.24) is 0 Å². The standard InChI is InChI=1S/C24H21NO2S/c1-17-16-24(18-10-4-2-5-11-18)22(27-19-12-6-3-7-13-19)23(26)25(24)20-14-8-9-15-21(20)28-17/h2-15,17,22H,16H2,1H3/t17-,22-,24+/m1/s1. The molecule has 140 valence electrons. The smallest absolute Gasteiger partial charge is 0.271 e. The van der Waals surface area contributed by atoms with Crippen LogP contribution in [0.4, 0.5) is 5.69 Å². The average Bonchev–Trinajstić information content (AvgIpc) is 2.85. The predicted octanol–water partition coefficient (Wildman–Crippen LogP) is 5.26. The number of hydrogen-bond acceptors (Lipinski definition) is 3. The number of carbonyl (C=O) groups is 1. The van der Waals surface area contributed by atoms with Crippen LogP contribution in [0.5, 0.6) is 5.75 Å². The number of nitrogens with zero attached hydrogens (tertiary/aromatic N) is 1. The summed E-state index contributed by atoms with van der Waals surface area (Å²) in [6.07, 6.45) is 0.297. The highest BCUT2D eigenvalue weighted by atomic mass is 32.2. The van der Waals surface area contributed by atoms with E-state index < -0.39 is 11.6 Å². The SMILES string of the molecule is C[C@@H]1C[C@]2(c3ccccc3)[C@H](Oc3ccccc3)C(=O)N2c2ccccc2S1. The van der Waals surface area contributed by atoms with E-state index in [-0.39, 0.29) is 5.91 Å². The maximum atomic E-state index is 13.4. The van der Waals surface area contributed by atoms with Gasteiger partial charge >= 0.3 is 0 Å². The first-order valence-corrected chi connectivity index (χ1v) is 10.4. The van der Waals surface area contributed by atoms with Crippen LogP contribution >= 0.6 is 11.8 Å². The molecule has 5 rings (SSSR count). The maximum absolute atomic E-state index is 13.4. The Bertz CT molecular complexity index is 1010. The molecule has 1 fully saturated rings. The number of thioether (sulfide) groups is 1. The van der Waals surface area contributed by atoms with Gasteiger partial charge in [0.25, 0.3) is 5.91 Å². The van der Waals surface area contributed by atoms with E-state index >= 15 is 0 Å². The highest BCUT2D eigenvalue weighted by Crippen LogP contribution is 2.55. The molecular weight excluding hydrogens is 366 g/mol. The molecule has 2 aliphatic heterocycles. The Labute approximate surface area is 169 Å². The van der Waals surface area contributed by atoms with Crippen molar-refractivity contribution >= 4 is 23.4 Å². The zero-order valence-corrected chi connectivity index (χ0v) is 16.4. The number of β-lactam (4-membered cyclic amide) rings is 1. The minimum atomic E-state index is -0.536. The normalized spacial score (nSPS) is 25.9. The molecule has 0 aliphatic carbocycles. The summed E-state index contributed by atoms with van der Waals surface area (Å²) in [7, 11) is 0. The summed E-state index contributed by atoms with van der Waals surface area (Å²) in [6, 6.07) is 28.2. The van der Waals surface area contributed by atoms with Crippen molar-refractivity contribution in [2.75, 3.05) is 4.90 Å². The van der Waals surface area contributed by atoms with Gasteiger partial charge in [-0.2, -0.15) is 0 Å². The first kappa shape index (κ1) is 17.4. The van der Waals surface area contributed by atoms with Gasteiger partial charge in [0.2, 0.25) is 6.10 Å². The topological polar surface area (TPSA) is 29.5 Å². The molecule has 0 saturated carbocycles. The molecule has 0 spiro atoms. The highest BCUT2D eigenvalue weighted by Gasteiger charge is 2.65. The van der Waals surface area contributed by atoms with Crippen LogP contribution in [-0.4, -0.2) is 17.3 Å². The lowest BCUT2D eigenvalue weighted by Crippen LogP contribution is -2.74. The number of ether oxygens (including phenoxy) is 1. The molecule has 2 heterocycles. The van der Waals surface area contributed by atoms with Crippen LogP contribution in [0, 0.1) is 0 Å². The summed E-state index contributed by atoms with van der Waals surface area (Å²) in [6.45, 7) is 2.23. The molecule has 0 radical (unpaired) electrons. The first-order chi connectivity index (χ1) is 13.7. The predicted molar refractivity (Wildman–Crippen MR) is 113 cm³/mol. The lowest BCUT2D eigenvalue weighted by molar-refractivity contribution is -0.142. The second-order valence-corrected chi connectivity index (χ2v) is 8.86. The molecule has 28 heavy (non-hydrogen) atoms. The van der Waals surface area contributed by atoms with Crippen LogP contribution in [-0.2, 0) is 10.3 Å². The third-order valence-electron chi connectivity index (χ3n) is 5.58. The van der Waals surface area contributed by atoms with E-state index in [2.05, 4.69) is 31.2 Å². The van der Waals surface area contributed by atoms with E-state index in [0.29, 0.717) is 5.25 Å². The molecule has 0 aromatic heterocycles. The average molecular weight is 388 g/mol. The summed E-state index contributed by atoms with van der Waals surface area (Å²) in [5.41, 5.74) is 1.60. The molecule has 3 aromatic carbocycles. The van der Waals surface area contributed by atoms with Crippen molar-refractivity contribution in [2.24, 2.45) is 0 Å². The van der Waals surface area contributed by atoms with Crippen LogP contribution in [0.2, 0.25) is 0 Å². The van der Waals surface area contributed by atoms with E-state index in [1.165, 1.54) is 0 Å². The van der Waals surface area contributed by atoms with Crippen molar-refractivity contribution in [3.05, 3.63) is 90.5 Å². The van der Waals surface area contributed by atoms with Crippen molar-refractivity contribution in [2.45, 2.75) is 35.1 Å². The molecule has 0 N–H and O–H groups in total. The summed E-state index contributed by atoms with van der Waals surface area (Å²) in [5, 5.41) is 0.348. The third kappa shape index (κ3) is 2.55. The Morgan fingerprint density at radius 1 is 0.929 bits per heavy atom. The monoisotopic (exact) mass is 387 g/mol. The second-order valence-electron chi connectivity index (χ2n) is 7.38. The van der Waals surface area contributed by atoms with Gasteiger partial charge in [-0.15, -0.1) is 11.8 Å². The Hall–Kier alpha value is -2.72. The quantitative estimate of drug-likeness (QED) is 0.574. The van der Waals surface area contributed by atoms with Gasteiger partial charge in [0.1, 0.15) is 11.3 Å². The van der Waals surface area contributed by atoms with Crippen molar-refractivity contribution in [1.29, 1.82) is 0 Å². The van der Waals surface area contributed by atoms with Gasteiger partial charge in [0.15, 0.2) is 0 Å². The summed E-state index contributed by atoms with van der Waals surface area (Å²) in [4.78, 5) is 16.5. The van der Waals surface area contributed by atoms with Crippen molar-refractivity contribution in [3.8, 4) is 5.75 Å². The summed E-state index contributed by atoms with van der Waals surface area (Å²) in [5.74, 6) is 0.753. The lowest BCUT2D eigenvalue weighted by Gasteiger charge is -2.56. The Kier molecular flexibility index (Phi) is 4.17. The molecular formula is C24H21NO2S. The van der Waals surface area contributed by atoms with E-state index in [1.54, 1.807) is 0 Å². The minimum Gasteiger partial charge on any atom is -0.478 e. The van der Waals surface area contributed by atoms with Crippen LogP contribution < -0.4 is 9.64 Å². The van der Waals surface area contributed by atoms with Gasteiger partial charge in [-0.05, 0) is 36.2 Å². The molecule has 3 aromatic rings. The fraction of sp³-hybridized carbons (Fsp3) is 0.208. The van der Waals surface area contributed by atoms with Crippen LogP contribution in [0.25, 0.3) is 0 Å². The molecule has 4 heteroatoms. The van der Waals surface area contributed by atoms with E-state index in [1.807, 2.05) is 77.3 Å². The molecule has 1 saturated heterocycles. The van der Waals surface area contributed by atoms with Crippen LogP contribution in [0.1, 0.15) is 18.9 Å². The highest BCUT2D eigenvalue weighted by molar-refractivity contribution is 8.00. The molecule has 3 nitrogen and oxygen atoms in total. The van der Waals surface area contributed by atoms with Crippen molar-refractivity contribution in [3.63, 3.8) is 0 Å². The second kappa shape index (κ2) is 6.71. The number of para-hydroxylation sites is 2. The zero-order chi connectivity index (χ0) is 19.1. The summed E-state index contributed by atoms with van der Waals surface area (Å²) < 4.78 is 6.31. The molecule has 3 atom stereocenters. The largest absolute Gasteiger partial charge is 0.478 e. The fourth-order valence-electron chi connectivity index (χ4n) is 4.45. The van der Waals surface area contributed by atoms with E-state index in [9.17, 15) is 4.79 Å². The van der Waals surface area contributed by atoms with Gasteiger partial charge in [-0.1, -0.05) is 67.6 Å². The van der Waals surface area contributed by atoms with Crippen molar-refractivity contribution < 1.29 is 9.53 Å². The summed E-state index contributed by atoms with van der Waals surface area (Å²) >= 11 is 1.83. The van der Waals surface area contributed by atoms with E-state index in [4.69, 9.17) is 4.74 Å². The van der Waals surface area contributed by atoms with E-state index in [0.717, 1.165) is 28.3 Å². The first-order valence-electron chi connectivity index (χ1n) is 9.57. The number of fused-ring (bicyclic) bond motifs is 3. The maximum Gasteiger partial charge on any atom is 0.271 e. The number of hydrogen-bond donors (Lipinski definition) is 0. The third-order valence-corrected chi connectivity index (χ3v) is 6.75. The van der Waals surface area contributed by atoms with Gasteiger partial charge in [0.05, 0.1) is 5.69 Å². The van der Waals surface area contributed by atoms with Crippen LogP contribution in [0.15, 0.2) is 89.8 Å². The van der Waals surface area contributed by atoms with Gasteiger partial charge in [-0.25, -0.2) is 0 Å². The Morgan fingerprint density at radius 3 is 2.32 bits per heavy atom. The fourth-order valence-corrected chi connectivity index (χ4v) is 5.66.